The quantitative estimate of drug-likeness (QED) is 0.706. The first kappa shape index (κ1) is 16.5. The zero-order valence-corrected chi connectivity index (χ0v) is 14.6. The Bertz CT molecular complexity index is 1020. The summed E-state index contributed by atoms with van der Waals surface area (Å²) in [5.41, 5.74) is 0.588. The van der Waals surface area contributed by atoms with Gasteiger partial charge in [-0.15, -0.1) is 0 Å². The molecule has 0 bridgehead atoms. The van der Waals surface area contributed by atoms with Crippen molar-refractivity contribution in [3.8, 4) is 11.5 Å². The zero-order chi connectivity index (χ0) is 17.3. The maximum Gasteiger partial charge on any atom is 0.209 e. The predicted octanol–water partition coefficient (Wildman–Crippen LogP) is 3.74. The minimum Gasteiger partial charge on any atom is -0.497 e. The number of hydrogen-bond acceptors (Lipinski definition) is 5. The molecule has 0 atom stereocenters. The third kappa shape index (κ3) is 2.79. The molecule has 0 aliphatic heterocycles. The molecule has 0 saturated heterocycles. The number of halogens is 1. The molecule has 3 aromatic rings. The lowest BCUT2D eigenvalue weighted by Gasteiger charge is -2.10. The number of sulfone groups is 1. The largest absolute Gasteiger partial charge is 0.497 e. The summed E-state index contributed by atoms with van der Waals surface area (Å²) in [7, 11) is -0.827. The van der Waals surface area contributed by atoms with E-state index in [1.54, 1.807) is 30.3 Å². The summed E-state index contributed by atoms with van der Waals surface area (Å²) in [6.07, 6.45) is 1.27. The van der Waals surface area contributed by atoms with Crippen molar-refractivity contribution in [2.75, 3.05) is 14.2 Å². The molecule has 24 heavy (non-hydrogen) atoms. The Labute approximate surface area is 144 Å². The summed E-state index contributed by atoms with van der Waals surface area (Å²) in [6, 6.07) is 11.3. The molecule has 0 fully saturated rings. The average molecular weight is 364 g/mol. The Balaban J connectivity index is 2.22. The van der Waals surface area contributed by atoms with Crippen LogP contribution in [0.2, 0.25) is 5.02 Å². The maximum atomic E-state index is 12.9. The van der Waals surface area contributed by atoms with Gasteiger partial charge in [-0.05, 0) is 36.4 Å². The molecule has 2 aromatic carbocycles. The number of pyridine rings is 1. The normalized spacial score (nSPS) is 11.5. The lowest BCUT2D eigenvalue weighted by Crippen LogP contribution is -2.04. The van der Waals surface area contributed by atoms with E-state index in [2.05, 4.69) is 4.98 Å². The van der Waals surface area contributed by atoms with Gasteiger partial charge in [-0.3, -0.25) is 4.98 Å². The van der Waals surface area contributed by atoms with Crippen LogP contribution in [0, 0.1) is 0 Å². The molecule has 1 heterocycles. The Kier molecular flexibility index (Phi) is 4.34. The van der Waals surface area contributed by atoms with Crippen LogP contribution in [0.15, 0.2) is 58.5 Å². The molecule has 0 N–H and O–H groups in total. The van der Waals surface area contributed by atoms with Gasteiger partial charge in [0.15, 0.2) is 0 Å². The number of hydrogen-bond donors (Lipinski definition) is 0. The molecule has 7 heteroatoms. The van der Waals surface area contributed by atoms with Gasteiger partial charge in [-0.2, -0.15) is 0 Å². The van der Waals surface area contributed by atoms with Crippen molar-refractivity contribution in [2.24, 2.45) is 0 Å². The first-order chi connectivity index (χ1) is 11.5. The van der Waals surface area contributed by atoms with Crippen LogP contribution in [-0.4, -0.2) is 27.6 Å². The van der Waals surface area contributed by atoms with Gasteiger partial charge in [-0.25, -0.2) is 8.42 Å². The van der Waals surface area contributed by atoms with E-state index in [1.165, 1.54) is 32.5 Å². The van der Waals surface area contributed by atoms with Crippen molar-refractivity contribution >= 4 is 32.3 Å². The topological polar surface area (TPSA) is 65.5 Å². The zero-order valence-electron chi connectivity index (χ0n) is 13.0. The number of fused-ring (bicyclic) bond motifs is 1. The van der Waals surface area contributed by atoms with Gasteiger partial charge in [0.25, 0.3) is 0 Å². The molecule has 0 amide bonds. The van der Waals surface area contributed by atoms with E-state index >= 15 is 0 Å². The Hall–Kier alpha value is -2.31. The van der Waals surface area contributed by atoms with Gasteiger partial charge in [0.1, 0.15) is 16.4 Å². The molecule has 3 rings (SSSR count). The molecule has 124 valence electrons. The van der Waals surface area contributed by atoms with Crippen LogP contribution in [0.25, 0.3) is 10.9 Å². The van der Waals surface area contributed by atoms with Crippen LogP contribution >= 0.6 is 11.6 Å². The monoisotopic (exact) mass is 363 g/mol. The van der Waals surface area contributed by atoms with Gasteiger partial charge < -0.3 is 9.47 Å². The van der Waals surface area contributed by atoms with Crippen molar-refractivity contribution in [2.45, 2.75) is 9.79 Å². The van der Waals surface area contributed by atoms with E-state index < -0.39 is 9.84 Å². The highest BCUT2D eigenvalue weighted by Gasteiger charge is 2.23. The Morgan fingerprint density at radius 3 is 2.42 bits per heavy atom. The highest BCUT2D eigenvalue weighted by atomic mass is 35.5. The summed E-state index contributed by atoms with van der Waals surface area (Å²) < 4.78 is 36.1. The molecule has 0 spiro atoms. The van der Waals surface area contributed by atoms with Gasteiger partial charge in [-0.1, -0.05) is 17.7 Å². The number of nitrogens with zero attached hydrogens (tertiary/aromatic N) is 1. The van der Waals surface area contributed by atoms with Crippen molar-refractivity contribution in [1.82, 2.24) is 4.98 Å². The second kappa shape index (κ2) is 6.30. The molecule has 0 aliphatic rings. The fraction of sp³-hybridized carbons (Fsp3) is 0.118. The van der Waals surface area contributed by atoms with Crippen LogP contribution in [0.3, 0.4) is 0 Å². The van der Waals surface area contributed by atoms with E-state index in [0.29, 0.717) is 22.4 Å². The van der Waals surface area contributed by atoms with E-state index in [4.69, 9.17) is 21.1 Å². The lowest BCUT2D eigenvalue weighted by molar-refractivity contribution is 0.413. The first-order valence-corrected chi connectivity index (χ1v) is 8.85. The number of benzene rings is 2. The highest BCUT2D eigenvalue weighted by Crippen LogP contribution is 2.34. The van der Waals surface area contributed by atoms with E-state index in [1.807, 2.05) is 0 Å². The molecule has 1 aromatic heterocycles. The lowest BCUT2D eigenvalue weighted by atomic mass is 10.2. The van der Waals surface area contributed by atoms with Crippen LogP contribution in [0.4, 0.5) is 0 Å². The Morgan fingerprint density at radius 1 is 1.00 bits per heavy atom. The highest BCUT2D eigenvalue weighted by molar-refractivity contribution is 7.91. The molecular weight excluding hydrogens is 350 g/mol. The number of ether oxygens (including phenoxy) is 2. The average Bonchev–Trinajstić information content (AvgIpc) is 2.61. The van der Waals surface area contributed by atoms with Gasteiger partial charge >= 0.3 is 0 Å². The van der Waals surface area contributed by atoms with Crippen LogP contribution in [0.1, 0.15) is 0 Å². The number of methoxy groups -OCH3 is 2. The number of aromatic nitrogens is 1. The van der Waals surface area contributed by atoms with Crippen LogP contribution < -0.4 is 9.47 Å². The third-order valence-electron chi connectivity index (χ3n) is 3.62. The third-order valence-corrected chi connectivity index (χ3v) is 5.90. The van der Waals surface area contributed by atoms with Crippen molar-refractivity contribution < 1.29 is 17.9 Å². The summed E-state index contributed by atoms with van der Waals surface area (Å²) in [5, 5.41) is 0.627. The van der Waals surface area contributed by atoms with Gasteiger partial charge in [0.2, 0.25) is 9.84 Å². The second-order valence-corrected chi connectivity index (χ2v) is 7.30. The summed E-state index contributed by atoms with van der Waals surface area (Å²) in [6.45, 7) is 0. The SMILES string of the molecule is COc1cccc(S(=O)(=O)c2cnc3ccc(OC)cc3c2Cl)c1. The maximum absolute atomic E-state index is 12.9. The minimum atomic E-state index is -3.83. The minimum absolute atomic E-state index is 0.0572. The second-order valence-electron chi connectivity index (χ2n) is 5.00. The molecule has 0 unspecified atom stereocenters. The first-order valence-electron chi connectivity index (χ1n) is 6.99. The fourth-order valence-corrected chi connectivity index (χ4v) is 4.16. The molecule has 0 saturated carbocycles. The fourth-order valence-electron chi connectivity index (χ4n) is 2.33. The van der Waals surface area contributed by atoms with Gasteiger partial charge in [0, 0.05) is 11.6 Å². The summed E-state index contributed by atoms with van der Waals surface area (Å²) in [4.78, 5) is 4.23. The van der Waals surface area contributed by atoms with E-state index in [-0.39, 0.29) is 14.8 Å². The van der Waals surface area contributed by atoms with Crippen LogP contribution in [-0.2, 0) is 9.84 Å². The number of rotatable bonds is 4. The van der Waals surface area contributed by atoms with Crippen LogP contribution in [0.5, 0.6) is 11.5 Å². The molecule has 0 radical (unpaired) electrons. The predicted molar refractivity (Wildman–Crippen MR) is 91.8 cm³/mol. The van der Waals surface area contributed by atoms with Crippen molar-refractivity contribution in [3.63, 3.8) is 0 Å². The summed E-state index contributed by atoms with van der Waals surface area (Å²) >= 11 is 6.37. The molecular formula is C17H14ClNO4S. The van der Waals surface area contributed by atoms with Gasteiger partial charge in [0.05, 0.1) is 29.7 Å². The van der Waals surface area contributed by atoms with E-state index in [0.717, 1.165) is 0 Å². The van der Waals surface area contributed by atoms with E-state index in [9.17, 15) is 8.42 Å². The molecule has 5 nitrogen and oxygen atoms in total. The molecule has 0 aliphatic carbocycles. The van der Waals surface area contributed by atoms with Crippen molar-refractivity contribution in [1.29, 1.82) is 0 Å². The Morgan fingerprint density at radius 2 is 1.71 bits per heavy atom. The summed E-state index contributed by atoms with van der Waals surface area (Å²) in [5.74, 6) is 1.02. The smallest absolute Gasteiger partial charge is 0.209 e. The standard InChI is InChI=1S/C17H14ClNO4S/c1-22-11-4-3-5-13(8-11)24(20,21)16-10-19-15-7-6-12(23-2)9-14(15)17(16)18/h3-10H,1-2H3. The van der Waals surface area contributed by atoms with Crippen molar-refractivity contribution in [3.05, 3.63) is 53.7 Å².